The van der Waals surface area contributed by atoms with Gasteiger partial charge in [-0.2, -0.15) is 0 Å². The zero-order chi connectivity index (χ0) is 9.52. The molecule has 1 rings (SSSR count). The molecule has 0 N–H and O–H groups in total. The highest BCUT2D eigenvalue weighted by atomic mass is 16.5. The SMILES string of the molecule is CCC/C=C/c1cccc(OC)c1. The van der Waals surface area contributed by atoms with Crippen molar-refractivity contribution in [3.63, 3.8) is 0 Å². The third kappa shape index (κ3) is 3.32. The van der Waals surface area contributed by atoms with E-state index in [1.165, 1.54) is 12.0 Å². The number of unbranched alkanes of at least 4 members (excludes halogenated alkanes) is 1. The molecule has 0 spiro atoms. The average Bonchev–Trinajstić information content (AvgIpc) is 2.19. The molecule has 70 valence electrons. The van der Waals surface area contributed by atoms with Crippen LogP contribution in [0.25, 0.3) is 6.08 Å². The first-order valence-corrected chi connectivity index (χ1v) is 4.67. The average molecular weight is 176 g/mol. The normalized spacial score (nSPS) is 10.6. The van der Waals surface area contributed by atoms with Crippen molar-refractivity contribution in [2.45, 2.75) is 19.8 Å². The van der Waals surface area contributed by atoms with Crippen LogP contribution in [0.15, 0.2) is 30.3 Å². The molecule has 0 aliphatic rings. The molecule has 0 bridgehead atoms. The lowest BCUT2D eigenvalue weighted by Gasteiger charge is -1.99. The molecule has 0 fully saturated rings. The summed E-state index contributed by atoms with van der Waals surface area (Å²) < 4.78 is 5.13. The van der Waals surface area contributed by atoms with Crippen molar-refractivity contribution in [2.75, 3.05) is 7.11 Å². The number of benzene rings is 1. The Hall–Kier alpha value is -1.24. The first kappa shape index (κ1) is 9.85. The van der Waals surface area contributed by atoms with Crippen molar-refractivity contribution in [3.05, 3.63) is 35.9 Å². The van der Waals surface area contributed by atoms with Crippen molar-refractivity contribution >= 4 is 6.08 Å². The van der Waals surface area contributed by atoms with Crippen LogP contribution in [-0.4, -0.2) is 7.11 Å². The molecule has 0 unspecified atom stereocenters. The summed E-state index contributed by atoms with van der Waals surface area (Å²) >= 11 is 0. The molecule has 0 heterocycles. The molecule has 0 saturated heterocycles. The van der Waals surface area contributed by atoms with E-state index in [4.69, 9.17) is 4.74 Å². The lowest BCUT2D eigenvalue weighted by Crippen LogP contribution is -1.82. The van der Waals surface area contributed by atoms with Gasteiger partial charge in [0.15, 0.2) is 0 Å². The Morgan fingerprint density at radius 2 is 2.23 bits per heavy atom. The molecule has 1 heteroatoms. The molecule has 13 heavy (non-hydrogen) atoms. The van der Waals surface area contributed by atoms with Gasteiger partial charge in [-0.05, 0) is 24.1 Å². The molecule has 0 atom stereocenters. The second-order valence-electron chi connectivity index (χ2n) is 2.97. The predicted molar refractivity (Wildman–Crippen MR) is 56.9 cm³/mol. The van der Waals surface area contributed by atoms with Gasteiger partial charge in [0.25, 0.3) is 0 Å². The summed E-state index contributed by atoms with van der Waals surface area (Å²) in [4.78, 5) is 0. The van der Waals surface area contributed by atoms with Crippen molar-refractivity contribution < 1.29 is 4.74 Å². The third-order valence-electron chi connectivity index (χ3n) is 1.86. The summed E-state index contributed by atoms with van der Waals surface area (Å²) in [5.41, 5.74) is 1.20. The Kier molecular flexibility index (Phi) is 4.10. The summed E-state index contributed by atoms with van der Waals surface area (Å²) in [6.07, 6.45) is 6.65. The van der Waals surface area contributed by atoms with E-state index in [0.29, 0.717) is 0 Å². The van der Waals surface area contributed by atoms with E-state index < -0.39 is 0 Å². The highest BCUT2D eigenvalue weighted by Crippen LogP contribution is 2.13. The second kappa shape index (κ2) is 5.41. The van der Waals surface area contributed by atoms with E-state index in [1.807, 2.05) is 18.2 Å². The topological polar surface area (TPSA) is 9.23 Å². The fraction of sp³-hybridized carbons (Fsp3) is 0.333. The van der Waals surface area contributed by atoms with Gasteiger partial charge in [-0.1, -0.05) is 37.6 Å². The molecule has 0 aromatic heterocycles. The zero-order valence-corrected chi connectivity index (χ0v) is 8.29. The highest BCUT2D eigenvalue weighted by Gasteiger charge is 1.90. The summed E-state index contributed by atoms with van der Waals surface area (Å²) in [6, 6.07) is 8.07. The predicted octanol–water partition coefficient (Wildman–Crippen LogP) is 3.51. The van der Waals surface area contributed by atoms with Crippen LogP contribution in [0.2, 0.25) is 0 Å². The van der Waals surface area contributed by atoms with E-state index in [-0.39, 0.29) is 0 Å². The maximum absolute atomic E-state index is 5.13. The number of methoxy groups -OCH3 is 1. The fourth-order valence-electron chi connectivity index (χ4n) is 1.13. The Bertz CT molecular complexity index is 276. The van der Waals surface area contributed by atoms with Crippen molar-refractivity contribution in [3.8, 4) is 5.75 Å². The molecule has 1 aromatic carbocycles. The Morgan fingerprint density at radius 3 is 2.92 bits per heavy atom. The fourth-order valence-corrected chi connectivity index (χ4v) is 1.13. The molecular weight excluding hydrogens is 160 g/mol. The number of allylic oxidation sites excluding steroid dienone is 1. The molecular formula is C12H16O. The minimum absolute atomic E-state index is 0.915. The van der Waals surface area contributed by atoms with Crippen LogP contribution in [0, 0.1) is 0 Å². The highest BCUT2D eigenvalue weighted by molar-refractivity contribution is 5.51. The minimum Gasteiger partial charge on any atom is -0.497 e. The lowest BCUT2D eigenvalue weighted by atomic mass is 10.2. The van der Waals surface area contributed by atoms with Gasteiger partial charge in [-0.3, -0.25) is 0 Å². The van der Waals surface area contributed by atoms with E-state index in [2.05, 4.69) is 25.1 Å². The van der Waals surface area contributed by atoms with Gasteiger partial charge in [0.1, 0.15) is 5.75 Å². The van der Waals surface area contributed by atoms with Gasteiger partial charge >= 0.3 is 0 Å². The first-order chi connectivity index (χ1) is 6.36. The molecule has 0 radical (unpaired) electrons. The van der Waals surface area contributed by atoms with Gasteiger partial charge < -0.3 is 4.74 Å². The van der Waals surface area contributed by atoms with Crippen LogP contribution < -0.4 is 4.74 Å². The quantitative estimate of drug-likeness (QED) is 0.682. The van der Waals surface area contributed by atoms with Crippen LogP contribution in [0.4, 0.5) is 0 Å². The minimum atomic E-state index is 0.915. The largest absolute Gasteiger partial charge is 0.497 e. The molecule has 0 saturated carbocycles. The molecule has 1 nitrogen and oxygen atoms in total. The number of rotatable bonds is 4. The van der Waals surface area contributed by atoms with Crippen molar-refractivity contribution in [1.82, 2.24) is 0 Å². The zero-order valence-electron chi connectivity index (χ0n) is 8.29. The Labute approximate surface area is 80.0 Å². The van der Waals surface area contributed by atoms with E-state index in [9.17, 15) is 0 Å². The summed E-state index contributed by atoms with van der Waals surface area (Å²) in [6.45, 7) is 2.18. The number of hydrogen-bond donors (Lipinski definition) is 0. The summed E-state index contributed by atoms with van der Waals surface area (Å²) in [5.74, 6) is 0.915. The Morgan fingerprint density at radius 1 is 1.38 bits per heavy atom. The monoisotopic (exact) mass is 176 g/mol. The van der Waals surface area contributed by atoms with E-state index in [1.54, 1.807) is 7.11 Å². The van der Waals surface area contributed by atoms with Crippen molar-refractivity contribution in [1.29, 1.82) is 0 Å². The third-order valence-corrected chi connectivity index (χ3v) is 1.86. The standard InChI is InChI=1S/C12H16O/c1-3-4-5-7-11-8-6-9-12(10-11)13-2/h5-10H,3-4H2,1-2H3/b7-5+. The Balaban J connectivity index is 2.66. The van der Waals surface area contributed by atoms with Crippen molar-refractivity contribution in [2.24, 2.45) is 0 Å². The van der Waals surface area contributed by atoms with Crippen LogP contribution >= 0.6 is 0 Å². The second-order valence-corrected chi connectivity index (χ2v) is 2.97. The van der Waals surface area contributed by atoms with Gasteiger partial charge in [-0.15, -0.1) is 0 Å². The van der Waals surface area contributed by atoms with Crippen LogP contribution in [0.5, 0.6) is 5.75 Å². The van der Waals surface area contributed by atoms with Gasteiger partial charge in [0.05, 0.1) is 7.11 Å². The van der Waals surface area contributed by atoms with Crippen LogP contribution in [-0.2, 0) is 0 Å². The number of ether oxygens (including phenoxy) is 1. The van der Waals surface area contributed by atoms with Gasteiger partial charge in [-0.25, -0.2) is 0 Å². The smallest absolute Gasteiger partial charge is 0.119 e. The summed E-state index contributed by atoms with van der Waals surface area (Å²) in [7, 11) is 1.69. The number of hydrogen-bond acceptors (Lipinski definition) is 1. The van der Waals surface area contributed by atoms with E-state index in [0.717, 1.165) is 12.2 Å². The lowest BCUT2D eigenvalue weighted by molar-refractivity contribution is 0.414. The van der Waals surface area contributed by atoms with E-state index >= 15 is 0 Å². The first-order valence-electron chi connectivity index (χ1n) is 4.67. The maximum atomic E-state index is 5.13. The van der Waals surface area contributed by atoms with Crippen LogP contribution in [0.1, 0.15) is 25.3 Å². The maximum Gasteiger partial charge on any atom is 0.119 e. The molecule has 0 amide bonds. The summed E-state index contributed by atoms with van der Waals surface area (Å²) in [5, 5.41) is 0. The van der Waals surface area contributed by atoms with Gasteiger partial charge in [0.2, 0.25) is 0 Å². The van der Waals surface area contributed by atoms with Crippen LogP contribution in [0.3, 0.4) is 0 Å². The molecule has 0 aliphatic carbocycles. The van der Waals surface area contributed by atoms with Gasteiger partial charge in [0, 0.05) is 0 Å². The molecule has 1 aromatic rings. The molecule has 0 aliphatic heterocycles.